The van der Waals surface area contributed by atoms with Gasteiger partial charge in [0.05, 0.1) is 0 Å². The minimum absolute atomic E-state index is 0.0264. The van der Waals surface area contributed by atoms with Crippen molar-refractivity contribution < 1.29 is 0 Å². The molecule has 3 aliphatic rings. The third-order valence-corrected chi connectivity index (χ3v) is 15.8. The largest absolute Gasteiger partial charge is 0.0991 e. The number of hydrogen-bond acceptors (Lipinski definition) is 0. The van der Waals surface area contributed by atoms with E-state index in [2.05, 4.69) is 153 Å². The van der Waals surface area contributed by atoms with Gasteiger partial charge in [-0.15, -0.1) is 0 Å². The van der Waals surface area contributed by atoms with Crippen molar-refractivity contribution in [1.29, 1.82) is 0 Å². The molecule has 0 nitrogen and oxygen atoms in total. The molecule has 3 atom stereocenters. The van der Waals surface area contributed by atoms with Crippen LogP contribution in [0, 0.1) is 27.7 Å². The molecule has 250 valence electrons. The Morgan fingerprint density at radius 2 is 1.49 bits per heavy atom. The standard InChI is InChI=1S/C47H52P2/c1-10-13-15-39-21-23-47(46(39)49(40(12-3)26-32(4)11-2)43-30-36(8)25-37(9)31-43)22-20-38-16-14-17-44(45(38)47)48(41-19-18-33(5)27-41)42-28-34(6)24-35(7)29-42/h10-18,24-31H,1-2,19-23H2,3-9H3/b15-13-,32-26-,40-12+/t47-,48?,49?/m1/s1. The molecule has 0 amide bonds. The van der Waals surface area contributed by atoms with Crippen LogP contribution in [0.3, 0.4) is 0 Å². The van der Waals surface area contributed by atoms with E-state index in [0.29, 0.717) is 0 Å². The molecule has 49 heavy (non-hydrogen) atoms. The van der Waals surface area contributed by atoms with Gasteiger partial charge in [-0.05, 0) is 145 Å². The predicted octanol–water partition coefficient (Wildman–Crippen LogP) is 12.4. The first-order chi connectivity index (χ1) is 23.6. The summed E-state index contributed by atoms with van der Waals surface area (Å²) in [6.07, 6.45) is 23.8. The lowest BCUT2D eigenvalue weighted by Gasteiger charge is -2.38. The van der Waals surface area contributed by atoms with Crippen molar-refractivity contribution in [3.8, 4) is 0 Å². The molecule has 3 aromatic rings. The van der Waals surface area contributed by atoms with Gasteiger partial charge in [0, 0.05) is 5.41 Å². The van der Waals surface area contributed by atoms with E-state index >= 15 is 0 Å². The van der Waals surface area contributed by atoms with Crippen molar-refractivity contribution >= 4 is 31.8 Å². The third-order valence-electron chi connectivity index (χ3n) is 10.4. The van der Waals surface area contributed by atoms with Crippen molar-refractivity contribution in [2.45, 2.75) is 86.0 Å². The maximum Gasteiger partial charge on any atom is 0.0231 e. The minimum atomic E-state index is -0.831. The lowest BCUT2D eigenvalue weighted by atomic mass is 9.81. The summed E-state index contributed by atoms with van der Waals surface area (Å²) in [4.78, 5) is 0. The molecule has 3 aliphatic carbocycles. The second kappa shape index (κ2) is 14.7. The Morgan fingerprint density at radius 3 is 2.08 bits per heavy atom. The van der Waals surface area contributed by atoms with Crippen LogP contribution in [-0.4, -0.2) is 0 Å². The fourth-order valence-corrected chi connectivity index (χ4v) is 14.8. The topological polar surface area (TPSA) is 0 Å². The van der Waals surface area contributed by atoms with Crippen LogP contribution in [0.4, 0.5) is 0 Å². The van der Waals surface area contributed by atoms with Gasteiger partial charge in [0.25, 0.3) is 0 Å². The molecular formula is C47H52P2. The molecule has 0 N–H and O–H groups in total. The average Bonchev–Trinajstić information content (AvgIpc) is 3.76. The summed E-state index contributed by atoms with van der Waals surface area (Å²) in [6.45, 7) is 24.0. The summed E-state index contributed by atoms with van der Waals surface area (Å²) in [5.41, 5.74) is 12.7. The molecule has 0 aliphatic heterocycles. The molecular weight excluding hydrogens is 626 g/mol. The van der Waals surface area contributed by atoms with E-state index in [-0.39, 0.29) is 5.41 Å². The SMILES string of the molecule is C=C/C=C\C1=C(P(C(/C=C(/C)C=C)=C/C)c2cc(C)cc(C)c2)[C@@]2(CC1)CCc1cccc(P(C3=CC(C)=CC3)c3cc(C)cc(C)c3)c12. The van der Waals surface area contributed by atoms with Gasteiger partial charge in [0.2, 0.25) is 0 Å². The Bertz CT molecular complexity index is 1960. The van der Waals surface area contributed by atoms with E-state index in [0.717, 1.165) is 32.1 Å². The van der Waals surface area contributed by atoms with E-state index in [9.17, 15) is 0 Å². The highest BCUT2D eigenvalue weighted by Gasteiger charge is 2.51. The Kier molecular flexibility index (Phi) is 10.6. The van der Waals surface area contributed by atoms with E-state index in [1.165, 1.54) is 54.9 Å². The summed E-state index contributed by atoms with van der Waals surface area (Å²) in [5, 5.41) is 9.17. The van der Waals surface area contributed by atoms with Crippen molar-refractivity contribution in [3.05, 3.63) is 182 Å². The second-order valence-corrected chi connectivity index (χ2v) is 18.7. The van der Waals surface area contributed by atoms with Crippen molar-refractivity contribution in [3.63, 3.8) is 0 Å². The first kappa shape index (κ1) is 35.3. The van der Waals surface area contributed by atoms with Crippen LogP contribution in [0.5, 0.6) is 0 Å². The molecule has 0 fully saturated rings. The van der Waals surface area contributed by atoms with Gasteiger partial charge in [0.1, 0.15) is 0 Å². The summed E-state index contributed by atoms with van der Waals surface area (Å²) in [6, 6.07) is 21.8. The number of allylic oxidation sites excluding steroid dienone is 14. The third kappa shape index (κ3) is 6.93. The fraction of sp³-hybridized carbons (Fsp3) is 0.277. The number of benzene rings is 3. The predicted molar refractivity (Wildman–Crippen MR) is 221 cm³/mol. The van der Waals surface area contributed by atoms with Crippen LogP contribution >= 0.6 is 15.8 Å². The number of aryl methyl sites for hydroxylation is 5. The zero-order valence-corrected chi connectivity index (χ0v) is 32.4. The van der Waals surface area contributed by atoms with Gasteiger partial charge >= 0.3 is 0 Å². The van der Waals surface area contributed by atoms with E-state index < -0.39 is 15.8 Å². The zero-order valence-electron chi connectivity index (χ0n) is 30.7. The van der Waals surface area contributed by atoms with Crippen LogP contribution in [0.2, 0.25) is 0 Å². The monoisotopic (exact) mass is 678 g/mol. The summed E-state index contributed by atoms with van der Waals surface area (Å²) in [5.74, 6) is 0. The maximum absolute atomic E-state index is 4.15. The summed E-state index contributed by atoms with van der Waals surface area (Å²) in [7, 11) is -1.53. The van der Waals surface area contributed by atoms with Crippen LogP contribution in [-0.2, 0) is 11.8 Å². The molecule has 2 unspecified atom stereocenters. The van der Waals surface area contributed by atoms with Gasteiger partial charge in [-0.25, -0.2) is 0 Å². The molecule has 3 aromatic carbocycles. The molecule has 0 radical (unpaired) electrons. The first-order valence-electron chi connectivity index (χ1n) is 17.8. The van der Waals surface area contributed by atoms with Crippen LogP contribution < -0.4 is 15.9 Å². The molecule has 6 rings (SSSR count). The van der Waals surface area contributed by atoms with Crippen LogP contribution in [0.15, 0.2) is 149 Å². The van der Waals surface area contributed by atoms with Gasteiger partial charge in [-0.1, -0.05) is 150 Å². The van der Waals surface area contributed by atoms with E-state index in [1.807, 2.05) is 12.2 Å². The highest BCUT2D eigenvalue weighted by atomic mass is 31.1. The zero-order chi connectivity index (χ0) is 34.9. The van der Waals surface area contributed by atoms with Gasteiger partial charge in [-0.2, -0.15) is 0 Å². The number of fused-ring (bicyclic) bond motifs is 2. The lowest BCUT2D eigenvalue weighted by molar-refractivity contribution is 0.513. The Morgan fingerprint density at radius 1 is 0.837 bits per heavy atom. The van der Waals surface area contributed by atoms with E-state index in [4.69, 9.17) is 0 Å². The first-order valence-corrected chi connectivity index (χ1v) is 20.5. The Balaban J connectivity index is 1.67. The van der Waals surface area contributed by atoms with Crippen molar-refractivity contribution in [2.24, 2.45) is 0 Å². The second-order valence-electron chi connectivity index (χ2n) is 14.3. The van der Waals surface area contributed by atoms with Crippen molar-refractivity contribution in [1.82, 2.24) is 0 Å². The summed E-state index contributed by atoms with van der Waals surface area (Å²) < 4.78 is 0. The Labute approximate surface area is 299 Å². The average molecular weight is 679 g/mol. The Hall–Kier alpha value is -3.56. The minimum Gasteiger partial charge on any atom is -0.0991 e. The van der Waals surface area contributed by atoms with E-state index in [1.54, 1.807) is 27.1 Å². The number of hydrogen-bond donors (Lipinski definition) is 0. The number of rotatable bonds is 10. The molecule has 0 aromatic heterocycles. The van der Waals surface area contributed by atoms with Crippen LogP contribution in [0.1, 0.15) is 79.8 Å². The van der Waals surface area contributed by atoms with Crippen molar-refractivity contribution in [2.75, 3.05) is 0 Å². The molecule has 0 bridgehead atoms. The fourth-order valence-electron chi connectivity index (χ4n) is 8.49. The highest BCUT2D eigenvalue weighted by molar-refractivity contribution is 7.77. The summed E-state index contributed by atoms with van der Waals surface area (Å²) >= 11 is 0. The quantitative estimate of drug-likeness (QED) is 0.148. The lowest BCUT2D eigenvalue weighted by Crippen LogP contribution is -2.31. The van der Waals surface area contributed by atoms with Gasteiger partial charge in [-0.3, -0.25) is 0 Å². The normalized spacial score (nSPS) is 20.6. The van der Waals surface area contributed by atoms with Crippen LogP contribution in [0.25, 0.3) is 0 Å². The smallest absolute Gasteiger partial charge is 0.0231 e. The van der Waals surface area contributed by atoms with Gasteiger partial charge in [0.15, 0.2) is 0 Å². The molecule has 0 saturated carbocycles. The molecule has 0 saturated heterocycles. The molecule has 2 heteroatoms. The van der Waals surface area contributed by atoms with Gasteiger partial charge < -0.3 is 0 Å². The maximum atomic E-state index is 4.15. The molecule has 1 spiro atoms. The highest BCUT2D eigenvalue weighted by Crippen LogP contribution is 2.68. The molecule has 0 heterocycles.